The quantitative estimate of drug-likeness (QED) is 0.646. The van der Waals surface area contributed by atoms with Gasteiger partial charge in [0, 0.05) is 0 Å². The van der Waals surface area contributed by atoms with E-state index in [0.29, 0.717) is 0 Å². The molecule has 0 N–H and O–H groups in total. The average Bonchev–Trinajstić information content (AvgIpc) is 2.03. The Morgan fingerprint density at radius 2 is 1.17 bits per heavy atom. The maximum atomic E-state index is 2.65. The molecule has 0 bridgehead atoms. The topological polar surface area (TPSA) is 0 Å². The van der Waals surface area contributed by atoms with Crippen molar-refractivity contribution in [2.75, 3.05) is 0 Å². The summed E-state index contributed by atoms with van der Waals surface area (Å²) in [5.41, 5.74) is 0. The molecule has 0 rings (SSSR count). The monoisotopic (exact) mass is 226 g/mol. The van der Waals surface area contributed by atoms with Gasteiger partial charge in [0.1, 0.15) is 0 Å². The van der Waals surface area contributed by atoms with E-state index in [1.54, 1.807) is 39.1 Å². The Morgan fingerprint density at radius 1 is 0.917 bits per heavy atom. The third-order valence-corrected chi connectivity index (χ3v) is 71.2. The summed E-state index contributed by atoms with van der Waals surface area (Å²) in [4.78, 5) is 0. The fraction of sp³-hybridized carbons (Fsp3) is 1.00. The van der Waals surface area contributed by atoms with E-state index in [1.807, 2.05) is 0 Å². The van der Waals surface area contributed by atoms with Gasteiger partial charge in [-0.05, 0) is 0 Å². The van der Waals surface area contributed by atoms with Crippen LogP contribution in [0, 0.1) is 0 Å². The zero-order chi connectivity index (χ0) is 9.99. The Kier molecular flexibility index (Phi) is 5.62. The molecule has 0 amide bonds. The number of rotatable bonds is 4. The van der Waals surface area contributed by atoms with E-state index in [0.717, 1.165) is 0 Å². The van der Waals surface area contributed by atoms with Crippen molar-refractivity contribution in [3.63, 3.8) is 0 Å². The van der Waals surface area contributed by atoms with Gasteiger partial charge in [-0.15, -0.1) is 0 Å². The molecule has 12 heavy (non-hydrogen) atoms. The molecule has 0 aliphatic carbocycles. The van der Waals surface area contributed by atoms with Crippen LogP contribution in [0.25, 0.3) is 0 Å². The normalized spacial score (nSPS) is 14.1. The zero-order valence-corrected chi connectivity index (χ0v) is 15.1. The van der Waals surface area contributed by atoms with Crippen LogP contribution in [0.4, 0.5) is 0 Å². The SMILES string of the molecule is CC[Si](C)(C)[SiH]([Na])[Si](C)(C)CC. The van der Waals surface area contributed by atoms with Crippen LogP contribution in [-0.2, 0) is 0 Å². The van der Waals surface area contributed by atoms with Crippen molar-refractivity contribution in [3.8, 4) is 0 Å². The van der Waals surface area contributed by atoms with Gasteiger partial charge < -0.3 is 0 Å². The Balaban J connectivity index is 4.47. The van der Waals surface area contributed by atoms with Gasteiger partial charge in [-0.3, -0.25) is 0 Å². The number of hydrogen-bond acceptors (Lipinski definition) is 0. The summed E-state index contributed by atoms with van der Waals surface area (Å²) in [6, 6.07) is 3.09. The van der Waals surface area contributed by atoms with E-state index in [9.17, 15) is 0 Å². The average molecular weight is 227 g/mol. The zero-order valence-electron chi connectivity index (χ0n) is 9.99. The Labute approximate surface area is 97.9 Å². The summed E-state index contributed by atoms with van der Waals surface area (Å²) < 4.78 is -0.204. The predicted molar refractivity (Wildman–Crippen MR) is 68.8 cm³/mol. The van der Waals surface area contributed by atoms with Crippen molar-refractivity contribution >= 4 is 46.6 Å². The van der Waals surface area contributed by atoms with Crippen LogP contribution >= 0.6 is 0 Å². The molecular weight excluding hydrogens is 203 g/mol. The predicted octanol–water partition coefficient (Wildman–Crippen LogP) is 2.49. The van der Waals surface area contributed by atoms with Crippen molar-refractivity contribution in [2.45, 2.75) is 52.1 Å². The van der Waals surface area contributed by atoms with Gasteiger partial charge in [0.05, 0.1) is 0 Å². The van der Waals surface area contributed by atoms with Crippen LogP contribution in [-0.4, -0.2) is 46.6 Å². The molecule has 0 aromatic carbocycles. The van der Waals surface area contributed by atoms with Crippen LogP contribution in [0.1, 0.15) is 13.8 Å². The molecule has 0 spiro atoms. The van der Waals surface area contributed by atoms with Crippen molar-refractivity contribution in [1.82, 2.24) is 0 Å². The van der Waals surface area contributed by atoms with Crippen LogP contribution < -0.4 is 0 Å². The van der Waals surface area contributed by atoms with Gasteiger partial charge in [-0.25, -0.2) is 0 Å². The maximum absolute atomic E-state index is 2.65. The van der Waals surface area contributed by atoms with E-state index in [-0.39, 0.29) is 4.39 Å². The Hall–Kier alpha value is 1.65. The molecular formula is C8H23NaSi3. The van der Waals surface area contributed by atoms with E-state index < -0.39 is 15.2 Å². The Bertz CT molecular complexity index is 129. The summed E-state index contributed by atoms with van der Waals surface area (Å²) in [5, 5.41) is 0. The molecule has 0 radical (unpaired) electrons. The second-order valence-corrected chi connectivity index (χ2v) is 42.9. The van der Waals surface area contributed by atoms with Crippen LogP contribution in [0.3, 0.4) is 0 Å². The van der Waals surface area contributed by atoms with Crippen molar-refractivity contribution < 1.29 is 0 Å². The third kappa shape index (κ3) is 3.42. The fourth-order valence-corrected chi connectivity index (χ4v) is 45.1. The summed E-state index contributed by atoms with van der Waals surface area (Å²) >= 11 is 1.59. The minimum absolute atomic E-state index is 0.204. The molecule has 0 nitrogen and oxygen atoms in total. The van der Waals surface area contributed by atoms with Crippen LogP contribution in [0.2, 0.25) is 38.3 Å². The van der Waals surface area contributed by atoms with Gasteiger partial charge in [0.25, 0.3) is 0 Å². The Morgan fingerprint density at radius 3 is 1.33 bits per heavy atom. The standard InChI is InChI=1S/C8H23Si3.Na/c1-7-10(3,4)9-11(5,6)8-2;/h9H,7-8H2,1-6H3;. The molecule has 0 saturated carbocycles. The van der Waals surface area contributed by atoms with E-state index in [4.69, 9.17) is 0 Å². The minimum atomic E-state index is -0.675. The fourth-order valence-electron chi connectivity index (χ4n) is 1.67. The number of hydrogen-bond donors (Lipinski definition) is 0. The molecule has 0 aliphatic rings. The molecule has 0 saturated heterocycles. The first-order chi connectivity index (χ1) is 5.28. The second-order valence-electron chi connectivity index (χ2n) is 5.41. The first-order valence-corrected chi connectivity index (χ1v) is 19.9. The van der Waals surface area contributed by atoms with Gasteiger partial charge in [0.15, 0.2) is 0 Å². The van der Waals surface area contributed by atoms with Crippen molar-refractivity contribution in [2.24, 2.45) is 0 Å². The van der Waals surface area contributed by atoms with E-state index >= 15 is 0 Å². The van der Waals surface area contributed by atoms with Crippen LogP contribution in [0.15, 0.2) is 0 Å². The summed E-state index contributed by atoms with van der Waals surface area (Å²) in [6.45, 7) is 15.5. The van der Waals surface area contributed by atoms with Crippen molar-refractivity contribution in [1.29, 1.82) is 0 Å². The first-order valence-electron chi connectivity index (χ1n) is 5.28. The second kappa shape index (κ2) is 4.94. The molecule has 0 fully saturated rings. The van der Waals surface area contributed by atoms with Gasteiger partial charge in [0.2, 0.25) is 0 Å². The molecule has 0 heterocycles. The molecule has 0 unspecified atom stereocenters. The molecule has 0 atom stereocenters. The summed E-state index contributed by atoms with van der Waals surface area (Å²) in [6.07, 6.45) is 0. The summed E-state index contributed by atoms with van der Waals surface area (Å²) in [7, 11) is -1.35. The van der Waals surface area contributed by atoms with Gasteiger partial charge in [-0.1, -0.05) is 0 Å². The van der Waals surface area contributed by atoms with Crippen molar-refractivity contribution in [3.05, 3.63) is 0 Å². The van der Waals surface area contributed by atoms with Crippen LogP contribution in [0.5, 0.6) is 0 Å². The van der Waals surface area contributed by atoms with E-state index in [2.05, 4.69) is 40.0 Å². The third-order valence-electron chi connectivity index (χ3n) is 4.17. The van der Waals surface area contributed by atoms with Gasteiger partial charge >= 0.3 is 98.7 Å². The molecule has 4 heteroatoms. The summed E-state index contributed by atoms with van der Waals surface area (Å²) in [5.74, 6) is 0. The first kappa shape index (κ1) is 13.7. The molecule has 0 aromatic heterocycles. The molecule has 0 aromatic rings. The van der Waals surface area contributed by atoms with E-state index in [1.165, 1.54) is 0 Å². The molecule has 68 valence electrons. The van der Waals surface area contributed by atoms with Gasteiger partial charge in [-0.2, -0.15) is 0 Å². The molecule has 0 aliphatic heterocycles.